The Morgan fingerprint density at radius 1 is 1.26 bits per heavy atom. The van der Waals surface area contributed by atoms with E-state index in [0.717, 1.165) is 36.5 Å². The first-order valence-corrected chi connectivity index (χ1v) is 11.9. The molecular formula is C18H18F2N6O3S2. The number of hydrogen-bond donors (Lipinski definition) is 3. The maximum absolute atomic E-state index is 14.8. The average molecular weight is 469 g/mol. The molecule has 9 nitrogen and oxygen atoms in total. The van der Waals surface area contributed by atoms with Crippen molar-refractivity contribution in [2.24, 2.45) is 0 Å². The SMILES string of the molecule is CCCS(=O)(=O)Nc1ccc(F)c(NC(=O)c2nsc3c(NC4CC4)ncnc23)c1F. The van der Waals surface area contributed by atoms with E-state index in [4.69, 9.17) is 0 Å². The Hall–Kier alpha value is -2.93. The summed E-state index contributed by atoms with van der Waals surface area (Å²) in [6, 6.07) is 2.14. The molecule has 2 aromatic heterocycles. The molecule has 1 aliphatic rings. The summed E-state index contributed by atoms with van der Waals surface area (Å²) in [5, 5.41) is 5.36. The summed E-state index contributed by atoms with van der Waals surface area (Å²) in [6.07, 6.45) is 3.64. The van der Waals surface area contributed by atoms with Gasteiger partial charge in [-0.2, -0.15) is 4.37 Å². The van der Waals surface area contributed by atoms with Crippen LogP contribution in [0, 0.1) is 11.6 Å². The van der Waals surface area contributed by atoms with Crippen LogP contribution < -0.4 is 15.4 Å². The van der Waals surface area contributed by atoms with E-state index in [0.29, 0.717) is 23.0 Å². The second kappa shape index (κ2) is 8.30. The zero-order valence-corrected chi connectivity index (χ0v) is 17.9. The zero-order chi connectivity index (χ0) is 22.2. The highest BCUT2D eigenvalue weighted by molar-refractivity contribution is 7.92. The number of benzene rings is 1. The minimum Gasteiger partial charge on any atom is -0.366 e. The van der Waals surface area contributed by atoms with Crippen molar-refractivity contribution in [1.29, 1.82) is 0 Å². The van der Waals surface area contributed by atoms with Crippen molar-refractivity contribution in [1.82, 2.24) is 14.3 Å². The molecular weight excluding hydrogens is 450 g/mol. The van der Waals surface area contributed by atoms with Crippen molar-refractivity contribution in [3.05, 3.63) is 35.8 Å². The second-order valence-corrected chi connectivity index (χ2v) is 9.62. The molecule has 0 saturated heterocycles. The van der Waals surface area contributed by atoms with Crippen molar-refractivity contribution in [3.63, 3.8) is 0 Å². The quantitative estimate of drug-likeness (QED) is 0.463. The first-order valence-electron chi connectivity index (χ1n) is 9.46. The smallest absolute Gasteiger partial charge is 0.277 e. The summed E-state index contributed by atoms with van der Waals surface area (Å²) in [7, 11) is -3.81. The van der Waals surface area contributed by atoms with Gasteiger partial charge in [0.2, 0.25) is 10.0 Å². The van der Waals surface area contributed by atoms with Crippen LogP contribution in [0.1, 0.15) is 36.7 Å². The lowest BCUT2D eigenvalue weighted by Crippen LogP contribution is -2.19. The van der Waals surface area contributed by atoms with Gasteiger partial charge in [0.05, 0.1) is 11.4 Å². The minimum absolute atomic E-state index is 0.114. The van der Waals surface area contributed by atoms with E-state index in [1.54, 1.807) is 6.92 Å². The molecule has 2 heterocycles. The summed E-state index contributed by atoms with van der Waals surface area (Å²) >= 11 is 0.997. The maximum atomic E-state index is 14.8. The lowest BCUT2D eigenvalue weighted by Gasteiger charge is -2.12. The highest BCUT2D eigenvalue weighted by atomic mass is 32.2. The van der Waals surface area contributed by atoms with Gasteiger partial charge in [-0.3, -0.25) is 9.52 Å². The number of rotatable bonds is 8. The van der Waals surface area contributed by atoms with Gasteiger partial charge in [0.15, 0.2) is 11.5 Å². The molecule has 0 bridgehead atoms. The van der Waals surface area contributed by atoms with E-state index < -0.39 is 38.9 Å². The van der Waals surface area contributed by atoms with E-state index in [1.807, 2.05) is 0 Å². The summed E-state index contributed by atoms with van der Waals surface area (Å²) < 4.78 is 59.6. The van der Waals surface area contributed by atoms with Gasteiger partial charge in [0.25, 0.3) is 5.91 Å². The van der Waals surface area contributed by atoms with Crippen LogP contribution in [-0.4, -0.2) is 40.5 Å². The molecule has 31 heavy (non-hydrogen) atoms. The van der Waals surface area contributed by atoms with Gasteiger partial charge in [-0.1, -0.05) is 6.92 Å². The number of fused-ring (bicyclic) bond motifs is 1. The number of carbonyl (C=O) groups excluding carboxylic acids is 1. The van der Waals surface area contributed by atoms with Gasteiger partial charge in [-0.15, -0.1) is 0 Å². The molecule has 0 unspecified atom stereocenters. The highest BCUT2D eigenvalue weighted by Crippen LogP contribution is 2.32. The predicted octanol–water partition coefficient (Wildman–Crippen LogP) is 3.34. The predicted molar refractivity (Wildman–Crippen MR) is 114 cm³/mol. The molecule has 0 spiro atoms. The zero-order valence-electron chi connectivity index (χ0n) is 16.3. The lowest BCUT2D eigenvalue weighted by molar-refractivity contribution is 0.102. The third kappa shape index (κ3) is 4.56. The fourth-order valence-electron chi connectivity index (χ4n) is 2.84. The van der Waals surface area contributed by atoms with Gasteiger partial charge in [-0.25, -0.2) is 27.2 Å². The summed E-state index contributed by atoms with van der Waals surface area (Å²) in [5.41, 5.74) is -1.11. The number of hydrogen-bond acceptors (Lipinski definition) is 8. The summed E-state index contributed by atoms with van der Waals surface area (Å²) in [6.45, 7) is 1.65. The Kier molecular flexibility index (Phi) is 5.71. The first-order chi connectivity index (χ1) is 14.8. The van der Waals surface area contributed by atoms with Gasteiger partial charge in [-0.05, 0) is 42.9 Å². The number of aromatic nitrogens is 3. The Labute approximate surface area is 180 Å². The van der Waals surface area contributed by atoms with Gasteiger partial charge in [0.1, 0.15) is 33.9 Å². The van der Waals surface area contributed by atoms with Gasteiger partial charge >= 0.3 is 0 Å². The number of nitrogens with zero attached hydrogens (tertiary/aromatic N) is 3. The highest BCUT2D eigenvalue weighted by Gasteiger charge is 2.26. The van der Waals surface area contributed by atoms with Crippen molar-refractivity contribution in [2.45, 2.75) is 32.2 Å². The molecule has 164 valence electrons. The molecule has 0 radical (unpaired) electrons. The molecule has 13 heteroatoms. The van der Waals surface area contributed by atoms with Crippen LogP contribution >= 0.6 is 11.5 Å². The third-order valence-electron chi connectivity index (χ3n) is 4.46. The van der Waals surface area contributed by atoms with E-state index in [1.165, 1.54) is 6.33 Å². The number of nitrogens with one attached hydrogen (secondary N) is 3. The monoisotopic (exact) mass is 468 g/mol. The van der Waals surface area contributed by atoms with E-state index >= 15 is 0 Å². The fraction of sp³-hybridized carbons (Fsp3) is 0.333. The van der Waals surface area contributed by atoms with Gasteiger partial charge in [0, 0.05) is 6.04 Å². The number of halogens is 2. The first kappa shape index (κ1) is 21.3. The number of anilines is 3. The molecule has 1 fully saturated rings. The molecule has 1 saturated carbocycles. The second-order valence-electron chi connectivity index (χ2n) is 7.01. The molecule has 0 aliphatic heterocycles. The third-order valence-corrected chi connectivity index (χ3v) is 6.78. The standard InChI is InChI=1S/C18H18F2N6O3S2/c1-2-7-31(28,29)26-11-6-5-10(19)13(12(11)20)24-18(27)15-14-16(30-25-15)17(22-8-21-14)23-9-3-4-9/h5-6,8-9,26H,2-4,7H2,1H3,(H,24,27)(H,21,22,23). The molecule has 3 aromatic rings. The normalized spacial score (nSPS) is 13.9. The molecule has 3 N–H and O–H groups in total. The lowest BCUT2D eigenvalue weighted by atomic mass is 10.2. The van der Waals surface area contributed by atoms with Crippen LogP contribution in [-0.2, 0) is 10.0 Å². The van der Waals surface area contributed by atoms with Crippen molar-refractivity contribution >= 4 is 54.9 Å². The Morgan fingerprint density at radius 2 is 2.03 bits per heavy atom. The van der Waals surface area contributed by atoms with E-state index in [9.17, 15) is 22.0 Å². The topological polar surface area (TPSA) is 126 Å². The minimum atomic E-state index is -3.81. The molecule has 4 rings (SSSR count). The van der Waals surface area contributed by atoms with Crippen LogP contribution in [0.25, 0.3) is 10.2 Å². The fourth-order valence-corrected chi connectivity index (χ4v) is 4.76. The van der Waals surface area contributed by atoms with Crippen LogP contribution in [0.2, 0.25) is 0 Å². The number of amides is 1. The van der Waals surface area contributed by atoms with Crippen LogP contribution in [0.15, 0.2) is 18.5 Å². The van der Waals surface area contributed by atoms with E-state index in [2.05, 4.69) is 29.7 Å². The molecule has 1 aromatic carbocycles. The van der Waals surface area contributed by atoms with Gasteiger partial charge < -0.3 is 10.6 Å². The largest absolute Gasteiger partial charge is 0.366 e. The van der Waals surface area contributed by atoms with Crippen LogP contribution in [0.5, 0.6) is 0 Å². The Balaban J connectivity index is 1.62. The number of carbonyl (C=O) groups is 1. The van der Waals surface area contributed by atoms with Crippen LogP contribution in [0.3, 0.4) is 0 Å². The maximum Gasteiger partial charge on any atom is 0.277 e. The Bertz CT molecular complexity index is 1260. The number of sulfonamides is 1. The summed E-state index contributed by atoms with van der Waals surface area (Å²) in [4.78, 5) is 21.0. The van der Waals surface area contributed by atoms with E-state index in [-0.39, 0.29) is 17.0 Å². The van der Waals surface area contributed by atoms with Crippen molar-refractivity contribution < 1.29 is 22.0 Å². The van der Waals surface area contributed by atoms with Crippen LogP contribution in [0.4, 0.5) is 26.0 Å². The van der Waals surface area contributed by atoms with Crippen molar-refractivity contribution in [2.75, 3.05) is 21.1 Å². The summed E-state index contributed by atoms with van der Waals surface area (Å²) in [5.74, 6) is -2.86. The Morgan fingerprint density at radius 3 is 2.74 bits per heavy atom. The average Bonchev–Trinajstić information content (AvgIpc) is 3.42. The molecule has 1 amide bonds. The molecule has 0 atom stereocenters. The molecule has 1 aliphatic carbocycles. The van der Waals surface area contributed by atoms with Crippen molar-refractivity contribution in [3.8, 4) is 0 Å².